The van der Waals surface area contributed by atoms with Gasteiger partial charge in [-0.05, 0) is 25.1 Å². The van der Waals surface area contributed by atoms with Gasteiger partial charge in [0, 0.05) is 17.5 Å². The van der Waals surface area contributed by atoms with E-state index in [2.05, 4.69) is 10.1 Å². The molecule has 120 valence electrons. The first-order chi connectivity index (χ1) is 10.9. The van der Waals surface area contributed by atoms with Crippen LogP contribution >= 0.6 is 34.5 Å². The molecular weight excluding hydrogens is 363 g/mol. The van der Waals surface area contributed by atoms with Crippen LogP contribution in [0.3, 0.4) is 0 Å². The summed E-state index contributed by atoms with van der Waals surface area (Å²) in [6.45, 7) is 1.84. The molecule has 3 nitrogen and oxygen atoms in total. The molecule has 0 aliphatic carbocycles. The first-order valence-electron chi connectivity index (χ1n) is 6.62. The third-order valence-corrected chi connectivity index (χ3v) is 5.11. The van der Waals surface area contributed by atoms with Crippen LogP contribution in [0.25, 0.3) is 22.8 Å². The molecule has 0 spiro atoms. The van der Waals surface area contributed by atoms with Gasteiger partial charge in [-0.1, -0.05) is 29.3 Å². The number of halogens is 4. The average Bonchev–Trinajstić information content (AvgIpc) is 3.02. The van der Waals surface area contributed by atoms with Crippen molar-refractivity contribution < 1.29 is 8.78 Å². The highest BCUT2D eigenvalue weighted by Crippen LogP contribution is 2.37. The van der Waals surface area contributed by atoms with Crippen molar-refractivity contribution in [3.05, 3.63) is 44.9 Å². The Bertz CT molecular complexity index is 853. The van der Waals surface area contributed by atoms with E-state index in [1.165, 1.54) is 28.2 Å². The van der Waals surface area contributed by atoms with Crippen LogP contribution in [-0.2, 0) is 7.05 Å². The standard InChI is InChI=1S/C15H11Cl2F2N3S/c1-7-8(6-11(23-7)13(17)19)15-20-14(21-22(15)2)12-9(16)4-3-5-10(12)18/h3-6,13H,1-2H3. The minimum Gasteiger partial charge on any atom is -0.248 e. The lowest BCUT2D eigenvalue weighted by Crippen LogP contribution is -1.94. The summed E-state index contributed by atoms with van der Waals surface area (Å²) < 4.78 is 28.8. The van der Waals surface area contributed by atoms with Gasteiger partial charge in [-0.2, -0.15) is 5.10 Å². The maximum Gasteiger partial charge on any atom is 0.207 e. The van der Waals surface area contributed by atoms with Crippen LogP contribution in [0.4, 0.5) is 8.78 Å². The fraction of sp³-hybridized carbons (Fsp3) is 0.200. The van der Waals surface area contributed by atoms with Crippen LogP contribution in [0, 0.1) is 12.7 Å². The zero-order chi connectivity index (χ0) is 16.7. The van der Waals surface area contributed by atoms with Crippen LogP contribution in [0.15, 0.2) is 24.3 Å². The second-order valence-electron chi connectivity index (χ2n) is 4.90. The van der Waals surface area contributed by atoms with Crippen molar-refractivity contribution in [2.75, 3.05) is 0 Å². The van der Waals surface area contributed by atoms with Gasteiger partial charge in [0.05, 0.1) is 15.5 Å². The van der Waals surface area contributed by atoms with Gasteiger partial charge < -0.3 is 0 Å². The van der Waals surface area contributed by atoms with E-state index >= 15 is 0 Å². The normalized spacial score (nSPS) is 12.6. The molecule has 8 heteroatoms. The number of benzene rings is 1. The van der Waals surface area contributed by atoms with Gasteiger partial charge in [-0.25, -0.2) is 18.4 Å². The van der Waals surface area contributed by atoms with Gasteiger partial charge >= 0.3 is 0 Å². The highest BCUT2D eigenvalue weighted by atomic mass is 35.5. The van der Waals surface area contributed by atoms with Crippen molar-refractivity contribution in [1.29, 1.82) is 0 Å². The summed E-state index contributed by atoms with van der Waals surface area (Å²) in [5, 5.41) is 4.46. The van der Waals surface area contributed by atoms with E-state index < -0.39 is 11.4 Å². The molecule has 0 bridgehead atoms. The number of rotatable bonds is 3. The Balaban J connectivity index is 2.12. The summed E-state index contributed by atoms with van der Waals surface area (Å²) in [5.41, 5.74) is -0.715. The summed E-state index contributed by atoms with van der Waals surface area (Å²) in [6, 6.07) is 6.02. The number of aromatic nitrogens is 3. The van der Waals surface area contributed by atoms with E-state index in [-0.39, 0.29) is 16.4 Å². The van der Waals surface area contributed by atoms with Gasteiger partial charge in [-0.3, -0.25) is 0 Å². The SMILES string of the molecule is Cc1sc(C(F)Cl)cc1-c1nc(-c2c(F)cccc2Cl)nn1C. The highest BCUT2D eigenvalue weighted by molar-refractivity contribution is 7.12. The molecule has 1 aromatic carbocycles. The summed E-state index contributed by atoms with van der Waals surface area (Å²) in [5.74, 6) is 0.180. The number of aryl methyl sites for hydroxylation is 2. The molecule has 0 saturated carbocycles. The largest absolute Gasteiger partial charge is 0.248 e. The van der Waals surface area contributed by atoms with E-state index in [4.69, 9.17) is 23.2 Å². The molecule has 0 radical (unpaired) electrons. The van der Waals surface area contributed by atoms with Crippen LogP contribution in [-0.4, -0.2) is 14.8 Å². The van der Waals surface area contributed by atoms with Crippen molar-refractivity contribution in [2.45, 2.75) is 12.6 Å². The molecule has 0 saturated heterocycles. The highest BCUT2D eigenvalue weighted by Gasteiger charge is 2.20. The second kappa shape index (κ2) is 6.19. The summed E-state index contributed by atoms with van der Waals surface area (Å²) in [4.78, 5) is 5.62. The van der Waals surface area contributed by atoms with Crippen molar-refractivity contribution in [1.82, 2.24) is 14.8 Å². The minimum absolute atomic E-state index is 0.143. The molecule has 3 rings (SSSR count). The topological polar surface area (TPSA) is 30.7 Å². The molecule has 2 heterocycles. The van der Waals surface area contributed by atoms with Crippen LogP contribution in [0.5, 0.6) is 0 Å². The molecule has 0 aliphatic heterocycles. The lowest BCUT2D eigenvalue weighted by molar-refractivity contribution is 0.467. The molecule has 0 N–H and O–H groups in total. The van der Waals surface area contributed by atoms with Crippen LogP contribution in [0.2, 0.25) is 5.02 Å². The first-order valence-corrected chi connectivity index (χ1v) is 8.26. The second-order valence-corrected chi connectivity index (χ2v) is 6.98. The maximum absolute atomic E-state index is 14.0. The zero-order valence-corrected chi connectivity index (χ0v) is 14.5. The van der Waals surface area contributed by atoms with Crippen molar-refractivity contribution >= 4 is 34.5 Å². The molecule has 1 atom stereocenters. The molecular formula is C15H11Cl2F2N3S. The summed E-state index contributed by atoms with van der Waals surface area (Å²) in [6.07, 6.45) is 0. The molecule has 1 unspecified atom stereocenters. The number of hydrogen-bond acceptors (Lipinski definition) is 3. The van der Waals surface area contributed by atoms with E-state index in [9.17, 15) is 8.78 Å². The Morgan fingerprint density at radius 3 is 2.70 bits per heavy atom. The van der Waals surface area contributed by atoms with E-state index in [1.807, 2.05) is 6.92 Å². The zero-order valence-electron chi connectivity index (χ0n) is 12.1. The number of alkyl halides is 2. The van der Waals surface area contributed by atoms with Gasteiger partial charge in [0.1, 0.15) is 5.82 Å². The number of hydrogen-bond donors (Lipinski definition) is 0. The molecule has 2 aromatic heterocycles. The summed E-state index contributed by atoms with van der Waals surface area (Å²) in [7, 11) is 1.69. The fourth-order valence-corrected chi connectivity index (χ4v) is 3.59. The molecule has 0 amide bonds. The Morgan fingerprint density at radius 1 is 1.35 bits per heavy atom. The van der Waals surface area contributed by atoms with Crippen LogP contribution in [0.1, 0.15) is 15.4 Å². The Morgan fingerprint density at radius 2 is 2.09 bits per heavy atom. The minimum atomic E-state index is -1.57. The predicted octanol–water partition coefficient (Wildman–Crippen LogP) is 5.52. The Hall–Kier alpha value is -1.50. The van der Waals surface area contributed by atoms with Gasteiger partial charge in [0.25, 0.3) is 0 Å². The third kappa shape index (κ3) is 2.98. The molecule has 0 aliphatic rings. The van der Waals surface area contributed by atoms with Gasteiger partial charge in [0.2, 0.25) is 5.63 Å². The van der Waals surface area contributed by atoms with Crippen molar-refractivity contribution in [3.8, 4) is 22.8 Å². The number of thiophene rings is 1. The Kier molecular flexibility index (Phi) is 4.40. The lowest BCUT2D eigenvalue weighted by Gasteiger charge is -2.00. The Labute approximate surface area is 145 Å². The molecule has 23 heavy (non-hydrogen) atoms. The van der Waals surface area contributed by atoms with Crippen molar-refractivity contribution in [2.24, 2.45) is 7.05 Å². The number of nitrogens with zero attached hydrogens (tertiary/aromatic N) is 3. The average molecular weight is 374 g/mol. The predicted molar refractivity (Wildman–Crippen MR) is 89.2 cm³/mol. The molecule has 3 aromatic rings. The third-order valence-electron chi connectivity index (χ3n) is 3.34. The molecule has 0 fully saturated rings. The smallest absolute Gasteiger partial charge is 0.207 e. The maximum atomic E-state index is 14.0. The van der Waals surface area contributed by atoms with Gasteiger partial charge in [0.15, 0.2) is 11.6 Å². The monoisotopic (exact) mass is 373 g/mol. The van der Waals surface area contributed by atoms with Crippen molar-refractivity contribution in [3.63, 3.8) is 0 Å². The van der Waals surface area contributed by atoms with Crippen LogP contribution < -0.4 is 0 Å². The van der Waals surface area contributed by atoms with E-state index in [1.54, 1.807) is 19.2 Å². The van der Waals surface area contributed by atoms with Gasteiger partial charge in [-0.15, -0.1) is 11.3 Å². The first kappa shape index (κ1) is 16.4. The fourth-order valence-electron chi connectivity index (χ4n) is 2.27. The lowest BCUT2D eigenvalue weighted by atomic mass is 10.2. The van der Waals surface area contributed by atoms with E-state index in [0.29, 0.717) is 16.3 Å². The quantitative estimate of drug-likeness (QED) is 0.566. The summed E-state index contributed by atoms with van der Waals surface area (Å²) >= 11 is 12.8. The van der Waals surface area contributed by atoms with E-state index in [0.717, 1.165) is 4.88 Å².